The standard InChI is InChI=1S/C19H16N2O6/c1-11-7-8-13(21(24)25)9-15(11)20-17(22)10-26-19(23)18-12(2)14-5-3-4-6-16(14)27-18/h3-9H,10H2,1-2H3,(H,20,22). The summed E-state index contributed by atoms with van der Waals surface area (Å²) in [4.78, 5) is 34.6. The highest BCUT2D eigenvalue weighted by atomic mass is 16.6. The first-order chi connectivity index (χ1) is 12.9. The van der Waals surface area contributed by atoms with Gasteiger partial charge in [0.15, 0.2) is 6.61 Å². The zero-order chi connectivity index (χ0) is 19.6. The molecule has 0 atom stereocenters. The number of nitrogens with one attached hydrogen (secondary N) is 1. The highest BCUT2D eigenvalue weighted by molar-refractivity contribution is 5.98. The van der Waals surface area contributed by atoms with Gasteiger partial charge in [-0.05, 0) is 25.5 Å². The number of nitro groups is 1. The van der Waals surface area contributed by atoms with Crippen LogP contribution in [0, 0.1) is 24.0 Å². The summed E-state index contributed by atoms with van der Waals surface area (Å²) in [5, 5.41) is 14.1. The molecule has 27 heavy (non-hydrogen) atoms. The van der Waals surface area contributed by atoms with Crippen LogP contribution in [0.5, 0.6) is 0 Å². The zero-order valence-electron chi connectivity index (χ0n) is 14.6. The number of hydrogen-bond donors (Lipinski definition) is 1. The van der Waals surface area contributed by atoms with E-state index in [1.54, 1.807) is 26.0 Å². The van der Waals surface area contributed by atoms with E-state index in [9.17, 15) is 19.7 Å². The SMILES string of the molecule is Cc1ccc([N+](=O)[O-])cc1NC(=O)COC(=O)c1oc2ccccc2c1C. The van der Waals surface area contributed by atoms with E-state index in [4.69, 9.17) is 9.15 Å². The summed E-state index contributed by atoms with van der Waals surface area (Å²) >= 11 is 0. The number of anilines is 1. The van der Waals surface area contributed by atoms with Crippen molar-refractivity contribution in [2.75, 3.05) is 11.9 Å². The number of carbonyl (C=O) groups excluding carboxylic acids is 2. The molecule has 1 aromatic heterocycles. The highest BCUT2D eigenvalue weighted by Gasteiger charge is 2.20. The number of hydrogen-bond acceptors (Lipinski definition) is 6. The lowest BCUT2D eigenvalue weighted by molar-refractivity contribution is -0.384. The van der Waals surface area contributed by atoms with E-state index < -0.39 is 23.4 Å². The Morgan fingerprint density at radius 3 is 2.63 bits per heavy atom. The maximum Gasteiger partial charge on any atom is 0.375 e. The Labute approximate surface area is 153 Å². The van der Waals surface area contributed by atoms with Crippen molar-refractivity contribution in [2.45, 2.75) is 13.8 Å². The van der Waals surface area contributed by atoms with Crippen LogP contribution in [0.1, 0.15) is 21.7 Å². The number of furan rings is 1. The molecule has 2 aromatic carbocycles. The molecule has 1 N–H and O–H groups in total. The third kappa shape index (κ3) is 3.79. The average Bonchev–Trinajstić information content (AvgIpc) is 2.98. The van der Waals surface area contributed by atoms with E-state index in [1.807, 2.05) is 12.1 Å². The largest absolute Gasteiger partial charge is 0.450 e. The summed E-state index contributed by atoms with van der Waals surface area (Å²) in [6.07, 6.45) is 0. The number of amides is 1. The number of non-ortho nitro benzene ring substituents is 1. The van der Waals surface area contributed by atoms with Crippen molar-refractivity contribution >= 4 is 34.2 Å². The lowest BCUT2D eigenvalue weighted by Gasteiger charge is -2.08. The first kappa shape index (κ1) is 18.1. The highest BCUT2D eigenvalue weighted by Crippen LogP contribution is 2.25. The summed E-state index contributed by atoms with van der Waals surface area (Å²) in [7, 11) is 0. The van der Waals surface area contributed by atoms with E-state index in [0.717, 1.165) is 5.39 Å². The Kier molecular flexibility index (Phi) is 4.89. The van der Waals surface area contributed by atoms with Crippen molar-refractivity contribution < 1.29 is 23.7 Å². The predicted molar refractivity (Wildman–Crippen MR) is 97.7 cm³/mol. The number of esters is 1. The molecule has 0 radical (unpaired) electrons. The van der Waals surface area contributed by atoms with Crippen molar-refractivity contribution in [1.82, 2.24) is 0 Å². The first-order valence-electron chi connectivity index (χ1n) is 8.07. The molecule has 8 nitrogen and oxygen atoms in total. The molecule has 8 heteroatoms. The van der Waals surface area contributed by atoms with Gasteiger partial charge in [0.1, 0.15) is 5.58 Å². The van der Waals surface area contributed by atoms with Crippen LogP contribution in [0.15, 0.2) is 46.9 Å². The minimum absolute atomic E-state index is 0.0375. The van der Waals surface area contributed by atoms with E-state index in [0.29, 0.717) is 16.7 Å². The number of fused-ring (bicyclic) bond motifs is 1. The van der Waals surface area contributed by atoms with Crippen molar-refractivity contribution in [1.29, 1.82) is 0 Å². The summed E-state index contributed by atoms with van der Waals surface area (Å²) in [5.41, 5.74) is 1.97. The van der Waals surface area contributed by atoms with Gasteiger partial charge in [-0.1, -0.05) is 24.3 Å². The molecule has 3 aromatic rings. The van der Waals surface area contributed by atoms with Crippen molar-refractivity contribution in [2.24, 2.45) is 0 Å². The predicted octanol–water partition coefficient (Wildman–Crippen LogP) is 3.75. The number of aryl methyl sites for hydroxylation is 2. The average molecular weight is 368 g/mol. The number of para-hydroxylation sites is 1. The van der Waals surface area contributed by atoms with Gasteiger partial charge in [-0.3, -0.25) is 14.9 Å². The van der Waals surface area contributed by atoms with Crippen molar-refractivity contribution in [3.05, 3.63) is 69.5 Å². The van der Waals surface area contributed by atoms with Crippen molar-refractivity contribution in [3.63, 3.8) is 0 Å². The summed E-state index contributed by atoms with van der Waals surface area (Å²) in [6, 6.07) is 11.3. The van der Waals surface area contributed by atoms with Crippen LogP contribution in [0.3, 0.4) is 0 Å². The molecule has 0 aliphatic carbocycles. The van der Waals surface area contributed by atoms with E-state index in [-0.39, 0.29) is 17.1 Å². The number of benzene rings is 2. The van der Waals surface area contributed by atoms with E-state index >= 15 is 0 Å². The zero-order valence-corrected chi connectivity index (χ0v) is 14.6. The molecular weight excluding hydrogens is 352 g/mol. The molecule has 0 spiro atoms. The lowest BCUT2D eigenvalue weighted by atomic mass is 10.1. The maximum atomic E-state index is 12.2. The van der Waals surface area contributed by atoms with Crippen LogP contribution in [-0.4, -0.2) is 23.4 Å². The third-order valence-corrected chi connectivity index (χ3v) is 4.07. The number of ether oxygens (including phenoxy) is 1. The first-order valence-corrected chi connectivity index (χ1v) is 8.07. The van der Waals surface area contributed by atoms with Gasteiger partial charge in [0.25, 0.3) is 11.6 Å². The molecule has 0 bridgehead atoms. The Hall–Kier alpha value is -3.68. The molecule has 0 saturated carbocycles. The van der Waals surface area contributed by atoms with Gasteiger partial charge in [-0.15, -0.1) is 0 Å². The lowest BCUT2D eigenvalue weighted by Crippen LogP contribution is -2.21. The third-order valence-electron chi connectivity index (χ3n) is 4.07. The van der Waals surface area contributed by atoms with Crippen LogP contribution in [0.4, 0.5) is 11.4 Å². The summed E-state index contributed by atoms with van der Waals surface area (Å²) in [5.74, 6) is -1.33. The topological polar surface area (TPSA) is 112 Å². The van der Waals surface area contributed by atoms with Crippen LogP contribution in [-0.2, 0) is 9.53 Å². The number of nitro benzene ring substituents is 1. The van der Waals surface area contributed by atoms with E-state index in [2.05, 4.69) is 5.32 Å². The Balaban J connectivity index is 1.67. The van der Waals surface area contributed by atoms with Crippen molar-refractivity contribution in [3.8, 4) is 0 Å². The summed E-state index contributed by atoms with van der Waals surface area (Å²) < 4.78 is 10.5. The molecule has 0 saturated heterocycles. The minimum Gasteiger partial charge on any atom is -0.450 e. The molecule has 138 valence electrons. The molecule has 0 aliphatic rings. The quantitative estimate of drug-likeness (QED) is 0.417. The molecule has 0 fully saturated rings. The minimum atomic E-state index is -0.755. The van der Waals surface area contributed by atoms with Crippen LogP contribution in [0.25, 0.3) is 11.0 Å². The smallest absolute Gasteiger partial charge is 0.375 e. The van der Waals surface area contributed by atoms with Crippen LogP contribution >= 0.6 is 0 Å². The number of rotatable bonds is 5. The molecule has 0 aliphatic heterocycles. The number of carbonyl (C=O) groups is 2. The van der Waals surface area contributed by atoms with Gasteiger partial charge in [0, 0.05) is 23.1 Å². The molecule has 1 heterocycles. The fourth-order valence-electron chi connectivity index (χ4n) is 2.61. The second-order valence-corrected chi connectivity index (χ2v) is 5.93. The van der Waals surface area contributed by atoms with Gasteiger partial charge in [-0.2, -0.15) is 0 Å². The van der Waals surface area contributed by atoms with Gasteiger partial charge in [0.05, 0.1) is 10.6 Å². The monoisotopic (exact) mass is 368 g/mol. The second kappa shape index (κ2) is 7.28. The fourth-order valence-corrected chi connectivity index (χ4v) is 2.61. The van der Waals surface area contributed by atoms with Crippen LogP contribution < -0.4 is 5.32 Å². The normalized spacial score (nSPS) is 10.6. The Bertz CT molecular complexity index is 1050. The molecular formula is C19H16N2O6. The maximum absolute atomic E-state index is 12.2. The molecule has 1 amide bonds. The van der Waals surface area contributed by atoms with Gasteiger partial charge in [-0.25, -0.2) is 4.79 Å². The molecule has 3 rings (SSSR count). The summed E-state index contributed by atoms with van der Waals surface area (Å²) in [6.45, 7) is 2.88. The Morgan fingerprint density at radius 2 is 1.93 bits per heavy atom. The van der Waals surface area contributed by atoms with Crippen LogP contribution in [0.2, 0.25) is 0 Å². The van der Waals surface area contributed by atoms with Gasteiger partial charge in [0.2, 0.25) is 5.76 Å². The molecule has 0 unspecified atom stereocenters. The van der Waals surface area contributed by atoms with E-state index in [1.165, 1.54) is 18.2 Å². The van der Waals surface area contributed by atoms with Gasteiger partial charge < -0.3 is 14.5 Å². The van der Waals surface area contributed by atoms with Gasteiger partial charge >= 0.3 is 5.97 Å². The Morgan fingerprint density at radius 1 is 1.19 bits per heavy atom. The number of nitrogens with zero attached hydrogens (tertiary/aromatic N) is 1. The fraction of sp³-hybridized carbons (Fsp3) is 0.158. The second-order valence-electron chi connectivity index (χ2n) is 5.93.